The largest absolute Gasteiger partial charge is 0.454 e. The maximum Gasteiger partial charge on any atom is 0.274 e. The number of rotatable bonds is 5. The summed E-state index contributed by atoms with van der Waals surface area (Å²) in [7, 11) is 0. The Hall–Kier alpha value is -3.87. The highest BCUT2D eigenvalue weighted by molar-refractivity contribution is 6.04. The first-order valence-corrected chi connectivity index (χ1v) is 9.10. The van der Waals surface area contributed by atoms with Crippen molar-refractivity contribution in [3.05, 3.63) is 83.2 Å². The summed E-state index contributed by atoms with van der Waals surface area (Å²) in [5, 5.41) is 5.62. The molecule has 1 aromatic heterocycles. The number of anilines is 1. The fourth-order valence-electron chi connectivity index (χ4n) is 2.95. The maximum absolute atomic E-state index is 12.5. The molecule has 1 aliphatic heterocycles. The van der Waals surface area contributed by atoms with Gasteiger partial charge in [0.1, 0.15) is 5.69 Å². The molecule has 3 aromatic rings. The number of benzene rings is 2. The number of carbonyl (C=O) groups excluding carboxylic acids is 2. The number of nitrogens with one attached hydrogen (secondary N) is 2. The van der Waals surface area contributed by atoms with Crippen LogP contribution in [0.1, 0.15) is 32.0 Å². The molecular formula is C22H19N3O4. The minimum Gasteiger partial charge on any atom is -0.454 e. The van der Waals surface area contributed by atoms with Gasteiger partial charge in [0.2, 0.25) is 6.79 Å². The van der Waals surface area contributed by atoms with Gasteiger partial charge in [0.15, 0.2) is 11.5 Å². The fraction of sp³-hybridized carbons (Fsp3) is 0.136. The van der Waals surface area contributed by atoms with Crippen LogP contribution in [-0.4, -0.2) is 23.6 Å². The minimum atomic E-state index is -0.419. The third-order valence-electron chi connectivity index (χ3n) is 4.59. The molecule has 2 N–H and O–H groups in total. The van der Waals surface area contributed by atoms with Crippen LogP contribution in [0.5, 0.6) is 11.5 Å². The van der Waals surface area contributed by atoms with Crippen molar-refractivity contribution in [1.82, 2.24) is 10.3 Å². The Morgan fingerprint density at radius 3 is 2.69 bits per heavy atom. The topological polar surface area (TPSA) is 89.6 Å². The number of fused-ring (bicyclic) bond motifs is 1. The fourth-order valence-corrected chi connectivity index (χ4v) is 2.95. The van der Waals surface area contributed by atoms with Crippen molar-refractivity contribution in [1.29, 1.82) is 0 Å². The van der Waals surface area contributed by atoms with E-state index in [4.69, 9.17) is 9.47 Å². The molecule has 0 unspecified atom stereocenters. The third-order valence-corrected chi connectivity index (χ3v) is 4.59. The Morgan fingerprint density at radius 2 is 1.83 bits per heavy atom. The van der Waals surface area contributed by atoms with Gasteiger partial charge in [0, 0.05) is 30.1 Å². The van der Waals surface area contributed by atoms with Gasteiger partial charge in [0.05, 0.1) is 0 Å². The van der Waals surface area contributed by atoms with E-state index in [1.54, 1.807) is 24.3 Å². The molecule has 7 heteroatoms. The van der Waals surface area contributed by atoms with E-state index in [2.05, 4.69) is 15.6 Å². The van der Waals surface area contributed by atoms with Crippen LogP contribution in [-0.2, 0) is 6.54 Å². The molecule has 2 amide bonds. The minimum absolute atomic E-state index is 0.145. The van der Waals surface area contributed by atoms with Crippen molar-refractivity contribution in [3.8, 4) is 11.5 Å². The molecule has 4 rings (SSSR count). The second kappa shape index (κ2) is 8.02. The molecular weight excluding hydrogens is 370 g/mol. The van der Waals surface area contributed by atoms with Crippen molar-refractivity contribution in [3.63, 3.8) is 0 Å². The van der Waals surface area contributed by atoms with Crippen LogP contribution < -0.4 is 20.1 Å². The highest BCUT2D eigenvalue weighted by Crippen LogP contribution is 2.34. The van der Waals surface area contributed by atoms with Gasteiger partial charge < -0.3 is 20.1 Å². The summed E-state index contributed by atoms with van der Waals surface area (Å²) in [4.78, 5) is 29.1. The molecule has 0 atom stereocenters. The Labute approximate surface area is 167 Å². The van der Waals surface area contributed by atoms with Gasteiger partial charge in [-0.05, 0) is 42.3 Å². The van der Waals surface area contributed by atoms with E-state index in [1.165, 1.54) is 12.3 Å². The molecule has 2 heterocycles. The predicted octanol–water partition coefficient (Wildman–Crippen LogP) is 3.30. The van der Waals surface area contributed by atoms with E-state index in [-0.39, 0.29) is 18.4 Å². The average molecular weight is 389 g/mol. The molecule has 7 nitrogen and oxygen atoms in total. The first kappa shape index (κ1) is 18.5. The third kappa shape index (κ3) is 4.19. The second-order valence-electron chi connectivity index (χ2n) is 6.56. The second-order valence-corrected chi connectivity index (χ2v) is 6.56. The summed E-state index contributed by atoms with van der Waals surface area (Å²) < 4.78 is 10.6. The quantitative estimate of drug-likeness (QED) is 0.699. The molecule has 0 saturated carbocycles. The van der Waals surface area contributed by atoms with Crippen LogP contribution in [0.3, 0.4) is 0 Å². The van der Waals surface area contributed by atoms with E-state index in [9.17, 15) is 9.59 Å². The molecule has 1 aliphatic rings. The lowest BCUT2D eigenvalue weighted by molar-refractivity contribution is 0.0950. The maximum atomic E-state index is 12.5. The van der Waals surface area contributed by atoms with E-state index in [0.717, 1.165) is 11.1 Å². The van der Waals surface area contributed by atoms with Gasteiger partial charge in [-0.15, -0.1) is 0 Å². The van der Waals surface area contributed by atoms with Crippen LogP contribution in [0.4, 0.5) is 5.69 Å². The van der Waals surface area contributed by atoms with Crippen molar-refractivity contribution in [2.24, 2.45) is 0 Å². The van der Waals surface area contributed by atoms with Crippen LogP contribution in [0.15, 0.2) is 60.8 Å². The van der Waals surface area contributed by atoms with Crippen LogP contribution in [0.25, 0.3) is 0 Å². The van der Waals surface area contributed by atoms with E-state index in [1.807, 2.05) is 31.2 Å². The smallest absolute Gasteiger partial charge is 0.274 e. The van der Waals surface area contributed by atoms with Gasteiger partial charge >= 0.3 is 0 Å². The number of hydrogen-bond donors (Lipinski definition) is 2. The average Bonchev–Trinajstić information content (AvgIpc) is 3.21. The zero-order chi connectivity index (χ0) is 20.2. The summed E-state index contributed by atoms with van der Waals surface area (Å²) in [6.07, 6.45) is 1.44. The summed E-state index contributed by atoms with van der Waals surface area (Å²) in [6.45, 7) is 2.56. The first-order valence-electron chi connectivity index (χ1n) is 9.10. The van der Waals surface area contributed by atoms with Gasteiger partial charge in [0.25, 0.3) is 11.8 Å². The number of nitrogens with zero attached hydrogens (tertiary/aromatic N) is 1. The predicted molar refractivity (Wildman–Crippen MR) is 107 cm³/mol. The molecule has 0 saturated heterocycles. The number of carbonyl (C=O) groups is 2. The van der Waals surface area contributed by atoms with E-state index in [0.29, 0.717) is 29.3 Å². The Morgan fingerprint density at radius 1 is 1.00 bits per heavy atom. The van der Waals surface area contributed by atoms with E-state index < -0.39 is 5.91 Å². The Balaban J connectivity index is 1.43. The molecule has 2 aromatic carbocycles. The lowest BCUT2D eigenvalue weighted by atomic mass is 10.1. The first-order chi connectivity index (χ1) is 14.1. The van der Waals surface area contributed by atoms with Crippen molar-refractivity contribution < 1.29 is 19.1 Å². The number of amides is 2. The highest BCUT2D eigenvalue weighted by atomic mass is 16.7. The van der Waals surface area contributed by atoms with Crippen molar-refractivity contribution in [2.75, 3.05) is 12.1 Å². The van der Waals surface area contributed by atoms with Gasteiger partial charge in [-0.2, -0.15) is 0 Å². The number of pyridine rings is 1. The number of aryl methyl sites for hydroxylation is 1. The van der Waals surface area contributed by atoms with Crippen molar-refractivity contribution in [2.45, 2.75) is 13.5 Å². The van der Waals surface area contributed by atoms with Crippen LogP contribution >= 0.6 is 0 Å². The van der Waals surface area contributed by atoms with Gasteiger partial charge in [-0.25, -0.2) is 0 Å². The lowest BCUT2D eigenvalue weighted by Crippen LogP contribution is -2.24. The highest BCUT2D eigenvalue weighted by Gasteiger charge is 2.16. The summed E-state index contributed by atoms with van der Waals surface area (Å²) >= 11 is 0. The molecule has 29 heavy (non-hydrogen) atoms. The van der Waals surface area contributed by atoms with Crippen LogP contribution in [0, 0.1) is 6.92 Å². The number of ether oxygens (including phenoxy) is 2. The van der Waals surface area contributed by atoms with Gasteiger partial charge in [-0.3, -0.25) is 14.6 Å². The normalized spacial score (nSPS) is 11.8. The number of aromatic nitrogens is 1. The Kier molecular flexibility index (Phi) is 5.11. The standard InChI is InChI=1S/C22H19N3O4/c1-14-4-2-3-5-16(14)12-24-21(26)15-8-9-23-18(10-15)22(27)25-17-6-7-19-20(11-17)29-13-28-19/h2-11H,12-13H2,1H3,(H,24,26)(H,25,27). The molecule has 0 spiro atoms. The number of hydrogen-bond acceptors (Lipinski definition) is 5. The summed E-state index contributed by atoms with van der Waals surface area (Å²) in [6, 6.07) is 16.0. The van der Waals surface area contributed by atoms with Crippen LogP contribution in [0.2, 0.25) is 0 Å². The summed E-state index contributed by atoms with van der Waals surface area (Å²) in [5.74, 6) is 0.513. The molecule has 0 radical (unpaired) electrons. The van der Waals surface area contributed by atoms with E-state index >= 15 is 0 Å². The monoisotopic (exact) mass is 389 g/mol. The summed E-state index contributed by atoms with van der Waals surface area (Å²) in [5.41, 5.74) is 3.20. The SMILES string of the molecule is Cc1ccccc1CNC(=O)c1ccnc(C(=O)Nc2ccc3c(c2)OCO3)c1. The molecule has 0 fully saturated rings. The molecule has 0 bridgehead atoms. The van der Waals surface area contributed by atoms with Crippen molar-refractivity contribution >= 4 is 17.5 Å². The Bertz CT molecular complexity index is 1080. The molecule has 146 valence electrons. The molecule has 0 aliphatic carbocycles. The zero-order valence-electron chi connectivity index (χ0n) is 15.8. The lowest BCUT2D eigenvalue weighted by Gasteiger charge is -2.09. The zero-order valence-corrected chi connectivity index (χ0v) is 15.8. The van der Waals surface area contributed by atoms with Gasteiger partial charge in [-0.1, -0.05) is 24.3 Å².